The van der Waals surface area contributed by atoms with Crippen LogP contribution in [0.2, 0.25) is 5.02 Å². The fourth-order valence-corrected chi connectivity index (χ4v) is 1.84. The predicted molar refractivity (Wildman–Crippen MR) is 76.8 cm³/mol. The first-order valence-electron chi connectivity index (χ1n) is 5.70. The summed E-state index contributed by atoms with van der Waals surface area (Å²) in [5, 5.41) is 9.52. The highest BCUT2D eigenvalue weighted by Crippen LogP contribution is 2.21. The van der Waals surface area contributed by atoms with Gasteiger partial charge in [0.1, 0.15) is 0 Å². The molecule has 2 rings (SSSR count). The van der Waals surface area contributed by atoms with Crippen molar-refractivity contribution in [2.75, 3.05) is 0 Å². The maximum absolute atomic E-state index is 10.8. The zero-order valence-corrected chi connectivity index (χ0v) is 11.1. The molecule has 1 N–H and O–H groups in total. The van der Waals surface area contributed by atoms with Crippen LogP contribution in [-0.2, 0) is 0 Å². The number of halogens is 1. The van der Waals surface area contributed by atoms with Crippen molar-refractivity contribution in [2.24, 2.45) is 4.99 Å². The monoisotopic (exact) mass is 273 g/mol. The van der Waals surface area contributed by atoms with E-state index in [1.54, 1.807) is 24.4 Å². The molecule has 0 aliphatic carbocycles. The van der Waals surface area contributed by atoms with Gasteiger partial charge >= 0.3 is 5.97 Å². The van der Waals surface area contributed by atoms with E-state index in [0.717, 1.165) is 16.8 Å². The molecule has 0 radical (unpaired) electrons. The minimum Gasteiger partial charge on any atom is -0.478 e. The first-order chi connectivity index (χ1) is 9.08. The third-order valence-corrected chi connectivity index (χ3v) is 3.04. The van der Waals surface area contributed by atoms with Crippen LogP contribution in [0.15, 0.2) is 47.5 Å². The Bertz CT molecular complexity index is 650. The minimum absolute atomic E-state index is 0.259. The number of nitrogens with zero attached hydrogens (tertiary/aromatic N) is 1. The van der Waals surface area contributed by atoms with Crippen LogP contribution in [0.1, 0.15) is 21.5 Å². The summed E-state index contributed by atoms with van der Waals surface area (Å²) in [4.78, 5) is 15.2. The molecule has 0 amide bonds. The first-order valence-corrected chi connectivity index (χ1v) is 6.08. The summed E-state index contributed by atoms with van der Waals surface area (Å²) in [6.45, 7) is 1.83. The van der Waals surface area contributed by atoms with Crippen LogP contribution in [0.4, 0.5) is 5.69 Å². The van der Waals surface area contributed by atoms with Crippen molar-refractivity contribution >= 4 is 29.5 Å². The molecule has 3 nitrogen and oxygen atoms in total. The summed E-state index contributed by atoms with van der Waals surface area (Å²) >= 11 is 6.03. The Balaban J connectivity index is 2.29. The van der Waals surface area contributed by atoms with Gasteiger partial charge in [0.05, 0.1) is 11.3 Å². The van der Waals surface area contributed by atoms with Crippen LogP contribution in [0.25, 0.3) is 0 Å². The predicted octanol–water partition coefficient (Wildman–Crippen LogP) is 4.10. The Morgan fingerprint density at radius 1 is 1.26 bits per heavy atom. The number of benzene rings is 2. The van der Waals surface area contributed by atoms with Gasteiger partial charge in [-0.25, -0.2) is 4.79 Å². The smallest absolute Gasteiger partial charge is 0.335 e. The van der Waals surface area contributed by atoms with Crippen LogP contribution < -0.4 is 0 Å². The summed E-state index contributed by atoms with van der Waals surface area (Å²) in [5.41, 5.74) is 2.62. The normalized spacial score (nSPS) is 10.8. The summed E-state index contributed by atoms with van der Waals surface area (Å²) < 4.78 is 0. The summed E-state index contributed by atoms with van der Waals surface area (Å²) in [6, 6.07) is 12.2. The van der Waals surface area contributed by atoms with E-state index in [1.807, 2.05) is 25.1 Å². The number of aliphatic imine (C=N–C) groups is 1. The molecule has 0 bridgehead atoms. The Morgan fingerprint density at radius 3 is 2.63 bits per heavy atom. The van der Waals surface area contributed by atoms with E-state index >= 15 is 0 Å². The lowest BCUT2D eigenvalue weighted by molar-refractivity contribution is 0.0697. The molecule has 2 aromatic carbocycles. The SMILES string of the molecule is Cc1cc(C(=O)O)ccc1N=Cc1ccccc1Cl. The van der Waals surface area contributed by atoms with Gasteiger partial charge < -0.3 is 5.11 Å². The Hall–Kier alpha value is -2.13. The Labute approximate surface area is 116 Å². The highest BCUT2D eigenvalue weighted by atomic mass is 35.5. The second-order valence-corrected chi connectivity index (χ2v) is 4.49. The number of hydrogen-bond acceptors (Lipinski definition) is 2. The largest absolute Gasteiger partial charge is 0.478 e. The zero-order valence-electron chi connectivity index (χ0n) is 10.3. The minimum atomic E-state index is -0.940. The number of aryl methyl sites for hydroxylation is 1. The highest BCUT2D eigenvalue weighted by Gasteiger charge is 2.04. The molecule has 4 heteroatoms. The van der Waals surface area contributed by atoms with Crippen molar-refractivity contribution in [1.29, 1.82) is 0 Å². The molecule has 0 spiro atoms. The van der Waals surface area contributed by atoms with Crippen LogP contribution in [0.3, 0.4) is 0 Å². The van der Waals surface area contributed by atoms with Gasteiger partial charge in [-0.15, -0.1) is 0 Å². The van der Waals surface area contributed by atoms with Crippen molar-refractivity contribution in [3.05, 3.63) is 64.2 Å². The third-order valence-electron chi connectivity index (χ3n) is 2.69. The maximum atomic E-state index is 10.8. The van der Waals surface area contributed by atoms with Gasteiger partial charge in [-0.3, -0.25) is 4.99 Å². The fraction of sp³-hybridized carbons (Fsp3) is 0.0667. The van der Waals surface area contributed by atoms with Crippen molar-refractivity contribution in [2.45, 2.75) is 6.92 Å². The van der Waals surface area contributed by atoms with Crippen molar-refractivity contribution in [3.8, 4) is 0 Å². The molecule has 96 valence electrons. The number of hydrogen-bond donors (Lipinski definition) is 1. The fourth-order valence-electron chi connectivity index (χ4n) is 1.65. The van der Waals surface area contributed by atoms with Gasteiger partial charge in [0.25, 0.3) is 0 Å². The van der Waals surface area contributed by atoms with Gasteiger partial charge in [-0.1, -0.05) is 29.8 Å². The van der Waals surface area contributed by atoms with E-state index in [1.165, 1.54) is 6.07 Å². The van der Waals surface area contributed by atoms with Gasteiger partial charge in [-0.2, -0.15) is 0 Å². The topological polar surface area (TPSA) is 49.7 Å². The van der Waals surface area contributed by atoms with Crippen LogP contribution >= 0.6 is 11.6 Å². The maximum Gasteiger partial charge on any atom is 0.335 e. The van der Waals surface area contributed by atoms with Crippen LogP contribution in [0.5, 0.6) is 0 Å². The van der Waals surface area contributed by atoms with E-state index < -0.39 is 5.97 Å². The third kappa shape index (κ3) is 3.20. The second kappa shape index (κ2) is 5.67. The second-order valence-electron chi connectivity index (χ2n) is 4.09. The van der Waals surface area contributed by atoms with Gasteiger partial charge in [0, 0.05) is 16.8 Å². The molecule has 19 heavy (non-hydrogen) atoms. The number of carboxylic acids is 1. The van der Waals surface area contributed by atoms with Crippen LogP contribution in [-0.4, -0.2) is 17.3 Å². The summed E-state index contributed by atoms with van der Waals surface area (Å²) in [7, 11) is 0. The quantitative estimate of drug-likeness (QED) is 0.856. The van der Waals surface area contributed by atoms with Crippen molar-refractivity contribution in [1.82, 2.24) is 0 Å². The average molecular weight is 274 g/mol. The lowest BCUT2D eigenvalue weighted by atomic mass is 10.1. The molecule has 0 saturated carbocycles. The standard InChI is InChI=1S/C15H12ClNO2/c1-10-8-11(15(18)19)6-7-14(10)17-9-12-4-2-3-5-13(12)16/h2-9H,1H3,(H,18,19). The van der Waals surface area contributed by atoms with E-state index in [-0.39, 0.29) is 5.56 Å². The number of carbonyl (C=O) groups is 1. The zero-order chi connectivity index (χ0) is 13.8. The molecule has 0 unspecified atom stereocenters. The number of rotatable bonds is 3. The van der Waals surface area contributed by atoms with E-state index in [4.69, 9.17) is 16.7 Å². The lowest BCUT2D eigenvalue weighted by Crippen LogP contribution is -1.95. The summed E-state index contributed by atoms with van der Waals surface area (Å²) in [6.07, 6.45) is 1.67. The van der Waals surface area contributed by atoms with Gasteiger partial charge in [0.2, 0.25) is 0 Å². The molecule has 2 aromatic rings. The molecule has 0 heterocycles. The van der Waals surface area contributed by atoms with Gasteiger partial charge in [-0.05, 0) is 36.8 Å². The van der Waals surface area contributed by atoms with E-state index in [9.17, 15) is 4.79 Å². The first kappa shape index (κ1) is 13.3. The number of aromatic carboxylic acids is 1. The lowest BCUT2D eigenvalue weighted by Gasteiger charge is -2.02. The Morgan fingerprint density at radius 2 is 2.00 bits per heavy atom. The molecular weight excluding hydrogens is 262 g/mol. The molecular formula is C15H12ClNO2. The van der Waals surface area contributed by atoms with Gasteiger partial charge in [0.15, 0.2) is 0 Å². The van der Waals surface area contributed by atoms with E-state index in [0.29, 0.717) is 5.02 Å². The van der Waals surface area contributed by atoms with Crippen molar-refractivity contribution < 1.29 is 9.90 Å². The average Bonchev–Trinajstić information content (AvgIpc) is 2.39. The summed E-state index contributed by atoms with van der Waals surface area (Å²) in [5.74, 6) is -0.940. The van der Waals surface area contributed by atoms with E-state index in [2.05, 4.69) is 4.99 Å². The van der Waals surface area contributed by atoms with Crippen LogP contribution in [0, 0.1) is 6.92 Å². The molecule has 0 aliphatic rings. The molecule has 0 aliphatic heterocycles. The van der Waals surface area contributed by atoms with Crippen molar-refractivity contribution in [3.63, 3.8) is 0 Å². The molecule has 0 atom stereocenters. The molecule has 0 fully saturated rings. The molecule has 0 saturated heterocycles. The molecule has 0 aromatic heterocycles. The number of carboxylic acid groups (broad SMARTS) is 1. The highest BCUT2D eigenvalue weighted by molar-refractivity contribution is 6.33. The Kier molecular flexibility index (Phi) is 3.97.